The molecule has 30 heavy (non-hydrogen) atoms. The average molecular weight is 489 g/mol. The fourth-order valence-electron chi connectivity index (χ4n) is 3.10. The number of carbonyl (C=O) groups excluding carboxylic acids is 2. The van der Waals surface area contributed by atoms with E-state index in [1.807, 2.05) is 13.0 Å². The van der Waals surface area contributed by atoms with Crippen LogP contribution < -0.4 is 9.64 Å². The lowest BCUT2D eigenvalue weighted by Gasteiger charge is -2.36. The van der Waals surface area contributed by atoms with Crippen molar-refractivity contribution in [3.8, 4) is 11.5 Å². The van der Waals surface area contributed by atoms with E-state index in [0.29, 0.717) is 35.3 Å². The number of benzene rings is 2. The number of anilines is 1. The molecule has 2 amide bonds. The van der Waals surface area contributed by atoms with Gasteiger partial charge in [-0.15, -0.1) is 0 Å². The zero-order chi connectivity index (χ0) is 21.8. The first-order valence-corrected chi connectivity index (χ1v) is 10.7. The van der Waals surface area contributed by atoms with Gasteiger partial charge in [0.1, 0.15) is 5.57 Å². The molecule has 1 fully saturated rings. The number of rotatable bonds is 6. The fraction of sp³-hybridized carbons (Fsp3) is 0.227. The van der Waals surface area contributed by atoms with Crippen molar-refractivity contribution < 1.29 is 19.4 Å². The Morgan fingerprint density at radius 2 is 1.83 bits per heavy atom. The maximum Gasteiger partial charge on any atom is 0.270 e. The zero-order valence-corrected chi connectivity index (χ0v) is 19.0. The number of phenols is 1. The van der Waals surface area contributed by atoms with E-state index < -0.39 is 11.8 Å². The molecule has 2 aromatic carbocycles. The van der Waals surface area contributed by atoms with E-state index >= 15 is 0 Å². The summed E-state index contributed by atoms with van der Waals surface area (Å²) in [5.74, 6) is -0.713. The first-order valence-electron chi connectivity index (χ1n) is 9.51. The highest BCUT2D eigenvalue weighted by Crippen LogP contribution is 2.35. The zero-order valence-electron chi connectivity index (χ0n) is 16.6. The van der Waals surface area contributed by atoms with Crippen molar-refractivity contribution in [1.29, 1.82) is 0 Å². The van der Waals surface area contributed by atoms with Crippen LogP contribution in [0, 0.1) is 0 Å². The van der Waals surface area contributed by atoms with Crippen LogP contribution in [0.1, 0.15) is 25.8 Å². The minimum atomic E-state index is -0.499. The molecule has 1 aliphatic heterocycles. The summed E-state index contributed by atoms with van der Waals surface area (Å²) >= 11 is 8.87. The Hall–Kier alpha value is -2.71. The minimum Gasteiger partial charge on any atom is -0.504 e. The largest absolute Gasteiger partial charge is 0.504 e. The van der Waals surface area contributed by atoms with Gasteiger partial charge in [-0.1, -0.05) is 41.1 Å². The summed E-state index contributed by atoms with van der Waals surface area (Å²) in [6.07, 6.45) is 2.18. The third kappa shape index (κ3) is 4.24. The molecule has 156 valence electrons. The number of nitrogens with zero attached hydrogens (tertiary/aromatic N) is 2. The molecule has 1 aliphatic rings. The molecule has 1 saturated heterocycles. The first kappa shape index (κ1) is 22.0. The Morgan fingerprint density at radius 3 is 2.47 bits per heavy atom. The number of amides is 2. The van der Waals surface area contributed by atoms with Crippen molar-refractivity contribution in [2.24, 2.45) is 0 Å². The standard InChI is InChI=1S/C22H21BrN2O4S/c1-3-10-24-20(27)16(11-14-12-19(29-4-2)18(26)13-17(14)23)21(28)25(22(24)30)15-8-6-5-7-9-15/h5-9,11-13,26H,3-4,10H2,1-2H3/b16-11+. The third-order valence-electron chi connectivity index (χ3n) is 4.47. The van der Waals surface area contributed by atoms with Crippen LogP contribution in [0.2, 0.25) is 0 Å². The first-order chi connectivity index (χ1) is 14.4. The van der Waals surface area contributed by atoms with Crippen molar-refractivity contribution in [1.82, 2.24) is 4.90 Å². The number of ether oxygens (including phenoxy) is 1. The summed E-state index contributed by atoms with van der Waals surface area (Å²) in [6, 6.07) is 12.0. The van der Waals surface area contributed by atoms with Gasteiger partial charge < -0.3 is 9.84 Å². The highest BCUT2D eigenvalue weighted by atomic mass is 79.9. The van der Waals surface area contributed by atoms with Gasteiger partial charge in [-0.3, -0.25) is 19.4 Å². The molecule has 3 rings (SSSR count). The van der Waals surface area contributed by atoms with Crippen LogP contribution >= 0.6 is 28.1 Å². The Morgan fingerprint density at radius 1 is 1.13 bits per heavy atom. The Labute approximate surface area is 188 Å². The molecule has 0 spiro atoms. The second-order valence-electron chi connectivity index (χ2n) is 6.55. The van der Waals surface area contributed by atoms with Gasteiger partial charge >= 0.3 is 0 Å². The number of para-hydroxylation sites is 1. The molecule has 0 radical (unpaired) electrons. The lowest BCUT2D eigenvalue weighted by Crippen LogP contribution is -2.56. The van der Waals surface area contributed by atoms with Gasteiger partial charge in [-0.2, -0.15) is 0 Å². The number of carbonyl (C=O) groups is 2. The second kappa shape index (κ2) is 9.40. The predicted molar refractivity (Wildman–Crippen MR) is 123 cm³/mol. The van der Waals surface area contributed by atoms with Gasteiger partial charge in [0.15, 0.2) is 16.6 Å². The fourth-order valence-corrected chi connectivity index (χ4v) is 3.90. The minimum absolute atomic E-state index is 0.0188. The van der Waals surface area contributed by atoms with Gasteiger partial charge in [-0.25, -0.2) is 0 Å². The topological polar surface area (TPSA) is 70.1 Å². The van der Waals surface area contributed by atoms with Crippen LogP contribution in [-0.4, -0.2) is 40.1 Å². The molecule has 8 heteroatoms. The van der Waals surface area contributed by atoms with Crippen LogP contribution in [0.25, 0.3) is 6.08 Å². The molecule has 1 heterocycles. The molecule has 0 saturated carbocycles. The number of halogens is 1. The predicted octanol–water partition coefficient (Wildman–Crippen LogP) is 4.51. The van der Waals surface area contributed by atoms with Gasteiger partial charge in [0, 0.05) is 11.0 Å². The molecule has 1 N–H and O–H groups in total. The van der Waals surface area contributed by atoms with Gasteiger partial charge in [0.25, 0.3) is 11.8 Å². The molecular weight excluding hydrogens is 468 g/mol. The summed E-state index contributed by atoms with van der Waals surface area (Å²) < 4.78 is 5.96. The van der Waals surface area contributed by atoms with E-state index in [1.165, 1.54) is 21.9 Å². The van der Waals surface area contributed by atoms with Crippen LogP contribution in [-0.2, 0) is 9.59 Å². The van der Waals surface area contributed by atoms with E-state index in [1.54, 1.807) is 37.3 Å². The summed E-state index contributed by atoms with van der Waals surface area (Å²) in [7, 11) is 0. The van der Waals surface area contributed by atoms with Gasteiger partial charge in [0.2, 0.25) is 0 Å². The number of hydrogen-bond donors (Lipinski definition) is 1. The van der Waals surface area contributed by atoms with Crippen molar-refractivity contribution in [3.63, 3.8) is 0 Å². The number of thiocarbonyl (C=S) groups is 1. The van der Waals surface area contributed by atoms with Gasteiger partial charge in [0.05, 0.1) is 12.3 Å². The maximum atomic E-state index is 13.3. The molecule has 0 atom stereocenters. The second-order valence-corrected chi connectivity index (χ2v) is 7.77. The summed E-state index contributed by atoms with van der Waals surface area (Å²) in [6.45, 7) is 4.50. The van der Waals surface area contributed by atoms with E-state index in [2.05, 4.69) is 15.9 Å². The SMILES string of the molecule is CCCN1C(=O)/C(=C\c2cc(OCC)c(O)cc2Br)C(=O)N(c2ccccc2)C1=S. The van der Waals surface area contributed by atoms with Crippen molar-refractivity contribution in [3.05, 3.63) is 58.1 Å². The molecule has 0 aliphatic carbocycles. The van der Waals surface area contributed by atoms with E-state index in [0.717, 1.165) is 0 Å². The third-order valence-corrected chi connectivity index (χ3v) is 5.56. The average Bonchev–Trinajstić information content (AvgIpc) is 2.72. The van der Waals surface area contributed by atoms with Crippen molar-refractivity contribution >= 4 is 56.8 Å². The van der Waals surface area contributed by atoms with Crippen LogP contribution in [0.4, 0.5) is 5.69 Å². The highest BCUT2D eigenvalue weighted by molar-refractivity contribution is 9.10. The molecule has 0 unspecified atom stereocenters. The normalized spacial score (nSPS) is 15.8. The van der Waals surface area contributed by atoms with Crippen LogP contribution in [0.3, 0.4) is 0 Å². The van der Waals surface area contributed by atoms with E-state index in [9.17, 15) is 14.7 Å². The smallest absolute Gasteiger partial charge is 0.270 e. The lowest BCUT2D eigenvalue weighted by atomic mass is 10.0. The summed E-state index contributed by atoms with van der Waals surface area (Å²) in [5.41, 5.74) is 1.10. The molecule has 2 aromatic rings. The molecule has 0 aromatic heterocycles. The number of phenolic OH excluding ortho intramolecular Hbond substituents is 1. The molecular formula is C22H21BrN2O4S. The summed E-state index contributed by atoms with van der Waals surface area (Å²) in [5, 5.41) is 10.2. The maximum absolute atomic E-state index is 13.3. The Bertz CT molecular complexity index is 1020. The number of aromatic hydroxyl groups is 1. The molecule has 6 nitrogen and oxygen atoms in total. The Balaban J connectivity index is 2.12. The lowest BCUT2D eigenvalue weighted by molar-refractivity contribution is -0.127. The summed E-state index contributed by atoms with van der Waals surface area (Å²) in [4.78, 5) is 29.3. The van der Waals surface area contributed by atoms with Crippen molar-refractivity contribution in [2.75, 3.05) is 18.1 Å². The molecule has 0 bridgehead atoms. The van der Waals surface area contributed by atoms with Crippen LogP contribution in [0.15, 0.2) is 52.5 Å². The van der Waals surface area contributed by atoms with Gasteiger partial charge in [-0.05, 0) is 61.5 Å². The number of hydrogen-bond acceptors (Lipinski definition) is 5. The van der Waals surface area contributed by atoms with E-state index in [-0.39, 0.29) is 22.2 Å². The monoisotopic (exact) mass is 488 g/mol. The highest BCUT2D eigenvalue weighted by Gasteiger charge is 2.40. The van der Waals surface area contributed by atoms with Crippen LogP contribution in [0.5, 0.6) is 11.5 Å². The van der Waals surface area contributed by atoms with E-state index in [4.69, 9.17) is 17.0 Å². The van der Waals surface area contributed by atoms with Crippen molar-refractivity contribution in [2.45, 2.75) is 20.3 Å². The quantitative estimate of drug-likeness (QED) is 0.368. The Kier molecular flexibility index (Phi) is 6.89.